The molecule has 0 saturated heterocycles. The van der Waals surface area contributed by atoms with Gasteiger partial charge in [-0.05, 0) is 61.4 Å². The predicted molar refractivity (Wildman–Crippen MR) is 125 cm³/mol. The van der Waals surface area contributed by atoms with Crippen molar-refractivity contribution in [1.29, 1.82) is 0 Å². The van der Waals surface area contributed by atoms with Gasteiger partial charge < -0.3 is 11.1 Å². The lowest BCUT2D eigenvalue weighted by molar-refractivity contribution is -0.138. The van der Waals surface area contributed by atoms with Crippen molar-refractivity contribution in [2.24, 2.45) is 5.92 Å². The van der Waals surface area contributed by atoms with Gasteiger partial charge in [-0.15, -0.1) is 0 Å². The van der Waals surface area contributed by atoms with Gasteiger partial charge in [0.15, 0.2) is 5.82 Å². The standard InChI is InChI=1S/C24H21F3N8/c1-14(24(25,26)27)31-22-21-20(33-23(28)34-22)17(11-18(32-21)7-4-15-2-3-15)10-16-5-8-19(9-6-16)35-13-29-12-30-35/h5-6,8-9,11-15H,2-3,10H2,1H3,(H3,28,31,33,34). The highest BCUT2D eigenvalue weighted by Crippen LogP contribution is 2.30. The summed E-state index contributed by atoms with van der Waals surface area (Å²) >= 11 is 0. The summed E-state index contributed by atoms with van der Waals surface area (Å²) in [6.07, 6.45) is 1.12. The Hall–Kier alpha value is -4.20. The fourth-order valence-electron chi connectivity index (χ4n) is 3.51. The Bertz CT molecular complexity index is 1420. The smallest absolute Gasteiger partial charge is 0.368 e. The van der Waals surface area contributed by atoms with Gasteiger partial charge in [-0.2, -0.15) is 23.3 Å². The predicted octanol–water partition coefficient (Wildman–Crippen LogP) is 3.90. The van der Waals surface area contributed by atoms with Crippen LogP contribution < -0.4 is 11.1 Å². The third-order valence-electron chi connectivity index (χ3n) is 5.59. The molecule has 178 valence electrons. The van der Waals surface area contributed by atoms with E-state index in [9.17, 15) is 13.2 Å². The van der Waals surface area contributed by atoms with Gasteiger partial charge in [-0.1, -0.05) is 18.1 Å². The maximum atomic E-state index is 13.2. The molecule has 1 saturated carbocycles. The van der Waals surface area contributed by atoms with Crippen LogP contribution in [-0.4, -0.2) is 41.9 Å². The van der Waals surface area contributed by atoms with Crippen LogP contribution in [-0.2, 0) is 6.42 Å². The van der Waals surface area contributed by atoms with Crippen LogP contribution >= 0.6 is 0 Å². The lowest BCUT2D eigenvalue weighted by Crippen LogP contribution is -2.33. The van der Waals surface area contributed by atoms with Crippen LogP contribution in [0, 0.1) is 17.8 Å². The number of anilines is 2. The van der Waals surface area contributed by atoms with Gasteiger partial charge in [-0.25, -0.2) is 19.6 Å². The Kier molecular flexibility index (Phi) is 5.72. The first-order valence-corrected chi connectivity index (χ1v) is 11.0. The molecule has 1 atom stereocenters. The van der Waals surface area contributed by atoms with E-state index in [0.717, 1.165) is 36.6 Å². The zero-order chi connectivity index (χ0) is 24.6. The quantitative estimate of drug-likeness (QED) is 0.419. The second-order valence-electron chi connectivity index (χ2n) is 8.43. The molecule has 1 aliphatic carbocycles. The molecule has 0 amide bonds. The molecule has 0 bridgehead atoms. The SMILES string of the molecule is CC(Nc1nc(N)nc2c(Cc3ccc(-n4cncn4)cc3)cc(C#CC3CC3)nc12)C(F)(F)F. The molecule has 0 aliphatic heterocycles. The molecule has 1 aliphatic rings. The van der Waals surface area contributed by atoms with Crippen molar-refractivity contribution < 1.29 is 13.2 Å². The Labute approximate surface area is 198 Å². The van der Waals surface area contributed by atoms with Crippen molar-refractivity contribution in [2.75, 3.05) is 11.1 Å². The number of nitrogens with one attached hydrogen (secondary N) is 1. The molecular weight excluding hydrogens is 457 g/mol. The molecule has 1 unspecified atom stereocenters. The van der Waals surface area contributed by atoms with Crippen molar-refractivity contribution in [1.82, 2.24) is 29.7 Å². The summed E-state index contributed by atoms with van der Waals surface area (Å²) in [4.78, 5) is 16.8. The number of rotatable bonds is 5. The minimum absolute atomic E-state index is 0.0739. The molecule has 1 fully saturated rings. The van der Waals surface area contributed by atoms with E-state index in [-0.39, 0.29) is 17.3 Å². The van der Waals surface area contributed by atoms with Crippen LogP contribution in [0.2, 0.25) is 0 Å². The second-order valence-corrected chi connectivity index (χ2v) is 8.43. The first-order valence-electron chi connectivity index (χ1n) is 11.0. The summed E-state index contributed by atoms with van der Waals surface area (Å²) in [5.74, 6) is 6.34. The number of pyridine rings is 1. The molecule has 4 aromatic rings. The minimum atomic E-state index is -4.47. The maximum absolute atomic E-state index is 13.2. The van der Waals surface area contributed by atoms with Gasteiger partial charge in [0.25, 0.3) is 0 Å². The Morgan fingerprint density at radius 2 is 1.91 bits per heavy atom. The van der Waals surface area contributed by atoms with Crippen LogP contribution in [0.25, 0.3) is 16.7 Å². The highest BCUT2D eigenvalue weighted by molar-refractivity contribution is 5.89. The molecule has 3 heterocycles. The maximum Gasteiger partial charge on any atom is 0.408 e. The van der Waals surface area contributed by atoms with E-state index in [0.29, 0.717) is 23.5 Å². The Morgan fingerprint density at radius 3 is 2.57 bits per heavy atom. The summed E-state index contributed by atoms with van der Waals surface area (Å²) in [6.45, 7) is 1.01. The average molecular weight is 478 g/mol. The number of nitrogen functional groups attached to an aromatic ring is 1. The molecule has 3 N–H and O–H groups in total. The van der Waals surface area contributed by atoms with Gasteiger partial charge in [0.05, 0.1) is 5.69 Å². The normalized spacial score (nSPS) is 14.4. The average Bonchev–Trinajstić information content (AvgIpc) is 3.49. The number of hydrogen-bond acceptors (Lipinski definition) is 7. The first kappa shape index (κ1) is 22.6. The van der Waals surface area contributed by atoms with Crippen molar-refractivity contribution in [2.45, 2.75) is 38.4 Å². The third kappa shape index (κ3) is 5.16. The first-order chi connectivity index (χ1) is 16.8. The van der Waals surface area contributed by atoms with Crippen LogP contribution in [0.1, 0.15) is 36.6 Å². The summed E-state index contributed by atoms with van der Waals surface area (Å²) in [5, 5.41) is 6.52. The van der Waals surface area contributed by atoms with E-state index >= 15 is 0 Å². The summed E-state index contributed by atoms with van der Waals surface area (Å²) in [6, 6.07) is 7.65. The highest BCUT2D eigenvalue weighted by atomic mass is 19.4. The zero-order valence-electron chi connectivity index (χ0n) is 18.7. The number of hydrogen-bond donors (Lipinski definition) is 2. The number of benzene rings is 1. The van der Waals surface area contributed by atoms with Crippen LogP contribution in [0.3, 0.4) is 0 Å². The molecule has 0 spiro atoms. The molecule has 8 nitrogen and oxygen atoms in total. The number of alkyl halides is 3. The second kappa shape index (κ2) is 8.87. The number of fused-ring (bicyclic) bond motifs is 1. The van der Waals surface area contributed by atoms with Crippen molar-refractivity contribution in [3.63, 3.8) is 0 Å². The van der Waals surface area contributed by atoms with Crippen molar-refractivity contribution in [3.05, 3.63) is 59.8 Å². The topological polar surface area (TPSA) is 107 Å². The molecule has 11 heteroatoms. The summed E-state index contributed by atoms with van der Waals surface area (Å²) in [5.41, 5.74) is 9.45. The molecule has 35 heavy (non-hydrogen) atoms. The number of nitrogens with zero attached hydrogens (tertiary/aromatic N) is 6. The van der Waals surface area contributed by atoms with E-state index in [1.54, 1.807) is 11.0 Å². The molecule has 1 aromatic carbocycles. The zero-order valence-corrected chi connectivity index (χ0v) is 18.7. The van der Waals surface area contributed by atoms with Crippen LogP contribution in [0.4, 0.5) is 24.9 Å². The molecule has 5 rings (SSSR count). The summed E-state index contributed by atoms with van der Waals surface area (Å²) in [7, 11) is 0. The van der Waals surface area contributed by atoms with E-state index < -0.39 is 12.2 Å². The van der Waals surface area contributed by atoms with Gasteiger partial charge in [-0.3, -0.25) is 0 Å². The van der Waals surface area contributed by atoms with Gasteiger partial charge >= 0.3 is 6.18 Å². The Balaban J connectivity index is 1.56. The number of halogens is 3. The van der Waals surface area contributed by atoms with E-state index in [4.69, 9.17) is 5.73 Å². The third-order valence-corrected chi connectivity index (χ3v) is 5.59. The summed E-state index contributed by atoms with van der Waals surface area (Å²) < 4.78 is 41.4. The largest absolute Gasteiger partial charge is 0.408 e. The Morgan fingerprint density at radius 1 is 1.14 bits per heavy atom. The minimum Gasteiger partial charge on any atom is -0.368 e. The van der Waals surface area contributed by atoms with Gasteiger partial charge in [0.2, 0.25) is 5.95 Å². The molecule has 3 aromatic heterocycles. The number of nitrogens with two attached hydrogens (primary N) is 1. The fraction of sp³-hybridized carbons (Fsp3) is 0.292. The van der Waals surface area contributed by atoms with Gasteiger partial charge in [0, 0.05) is 5.92 Å². The monoisotopic (exact) mass is 478 g/mol. The van der Waals surface area contributed by atoms with E-state index in [2.05, 4.69) is 42.2 Å². The molecule has 0 radical (unpaired) electrons. The lowest BCUT2D eigenvalue weighted by Gasteiger charge is -2.19. The van der Waals surface area contributed by atoms with Crippen molar-refractivity contribution >= 4 is 22.8 Å². The van der Waals surface area contributed by atoms with Gasteiger partial charge in [0.1, 0.15) is 35.4 Å². The lowest BCUT2D eigenvalue weighted by atomic mass is 10.0. The van der Waals surface area contributed by atoms with Crippen LogP contribution in [0.15, 0.2) is 43.0 Å². The van der Waals surface area contributed by atoms with E-state index in [1.165, 1.54) is 6.33 Å². The fourth-order valence-corrected chi connectivity index (χ4v) is 3.51. The molecular formula is C24H21F3N8. The number of aromatic nitrogens is 6. The highest BCUT2D eigenvalue weighted by Gasteiger charge is 2.36. The van der Waals surface area contributed by atoms with Crippen molar-refractivity contribution in [3.8, 4) is 17.5 Å². The van der Waals surface area contributed by atoms with Crippen LogP contribution in [0.5, 0.6) is 0 Å². The van der Waals surface area contributed by atoms with E-state index in [1.807, 2.05) is 30.3 Å².